The molecule has 0 amide bonds. The third kappa shape index (κ3) is 2.34. The zero-order chi connectivity index (χ0) is 10.9. The summed E-state index contributed by atoms with van der Waals surface area (Å²) in [6, 6.07) is 0. The third-order valence-electron chi connectivity index (χ3n) is 1.71. The van der Waals surface area contributed by atoms with Gasteiger partial charge >= 0.3 is 0 Å². The molecule has 0 aliphatic rings. The average molecular weight is 196 g/mol. The van der Waals surface area contributed by atoms with Crippen molar-refractivity contribution in [2.45, 2.75) is 40.2 Å². The number of carbonyl (C=O) groups excluding carboxylic acids is 1. The summed E-state index contributed by atoms with van der Waals surface area (Å²) < 4.78 is 4.97. The lowest BCUT2D eigenvalue weighted by Gasteiger charge is -2.20. The van der Waals surface area contributed by atoms with E-state index in [2.05, 4.69) is 10.5 Å². The predicted octanol–water partition coefficient (Wildman–Crippen LogP) is 2.40. The Morgan fingerprint density at radius 1 is 1.43 bits per heavy atom. The van der Waals surface area contributed by atoms with Gasteiger partial charge in [-0.05, 0) is 34.6 Å². The van der Waals surface area contributed by atoms with Gasteiger partial charge in [-0.15, -0.1) is 0 Å². The van der Waals surface area contributed by atoms with Crippen molar-refractivity contribution >= 4 is 11.6 Å². The zero-order valence-corrected chi connectivity index (χ0v) is 9.26. The third-order valence-corrected chi connectivity index (χ3v) is 1.71. The minimum absolute atomic E-state index is 0.0319. The van der Waals surface area contributed by atoms with Gasteiger partial charge in [-0.25, -0.2) is 0 Å². The van der Waals surface area contributed by atoms with Crippen LogP contribution in [0.5, 0.6) is 0 Å². The van der Waals surface area contributed by atoms with E-state index in [-0.39, 0.29) is 11.3 Å². The molecule has 0 aromatic carbocycles. The van der Waals surface area contributed by atoms with E-state index >= 15 is 0 Å². The van der Waals surface area contributed by atoms with E-state index in [4.69, 9.17) is 4.52 Å². The highest BCUT2D eigenvalue weighted by atomic mass is 16.5. The Morgan fingerprint density at radius 3 is 2.43 bits per heavy atom. The van der Waals surface area contributed by atoms with Gasteiger partial charge in [0.25, 0.3) is 0 Å². The van der Waals surface area contributed by atoms with E-state index in [9.17, 15) is 4.79 Å². The van der Waals surface area contributed by atoms with Crippen LogP contribution in [-0.2, 0) is 0 Å². The molecule has 0 aliphatic carbocycles. The van der Waals surface area contributed by atoms with Crippen molar-refractivity contribution in [2.24, 2.45) is 0 Å². The number of aromatic nitrogens is 1. The predicted molar refractivity (Wildman–Crippen MR) is 54.6 cm³/mol. The van der Waals surface area contributed by atoms with E-state index in [0.29, 0.717) is 17.1 Å². The maximum atomic E-state index is 11.3. The fourth-order valence-corrected chi connectivity index (χ4v) is 1.23. The molecule has 4 nitrogen and oxygen atoms in total. The lowest BCUT2D eigenvalue weighted by Crippen LogP contribution is -2.27. The number of anilines is 1. The van der Waals surface area contributed by atoms with E-state index in [1.54, 1.807) is 6.92 Å². The summed E-state index contributed by atoms with van der Waals surface area (Å²) in [5.74, 6) is 1.06. The van der Waals surface area contributed by atoms with Crippen LogP contribution in [0.3, 0.4) is 0 Å². The average Bonchev–Trinajstić information content (AvgIpc) is 2.27. The number of Topliss-reactive ketones (excluding diaryl/α,β-unsaturated/α-hetero) is 1. The second-order valence-electron chi connectivity index (χ2n) is 4.39. The monoisotopic (exact) mass is 196 g/mol. The highest BCUT2D eigenvalue weighted by Crippen LogP contribution is 2.22. The summed E-state index contributed by atoms with van der Waals surface area (Å²) in [6.45, 7) is 9.24. The Bertz CT molecular complexity index is 347. The van der Waals surface area contributed by atoms with Crippen LogP contribution in [0, 0.1) is 6.92 Å². The maximum Gasteiger partial charge on any atom is 0.181 e. The van der Waals surface area contributed by atoms with Crippen molar-refractivity contribution in [3.05, 3.63) is 11.3 Å². The topological polar surface area (TPSA) is 55.1 Å². The Kier molecular flexibility index (Phi) is 2.64. The van der Waals surface area contributed by atoms with Gasteiger partial charge in [-0.1, -0.05) is 5.16 Å². The number of aryl methyl sites for hydroxylation is 1. The molecule has 0 unspecified atom stereocenters. The fraction of sp³-hybridized carbons (Fsp3) is 0.600. The second kappa shape index (κ2) is 3.44. The van der Waals surface area contributed by atoms with Crippen LogP contribution < -0.4 is 5.32 Å². The van der Waals surface area contributed by atoms with Gasteiger partial charge in [-0.3, -0.25) is 4.79 Å². The number of carbonyl (C=O) groups is 1. The first kappa shape index (κ1) is 10.8. The molecule has 1 N–H and O–H groups in total. The molecule has 0 spiro atoms. The van der Waals surface area contributed by atoms with Gasteiger partial charge in [0, 0.05) is 5.54 Å². The summed E-state index contributed by atoms with van der Waals surface area (Å²) >= 11 is 0. The van der Waals surface area contributed by atoms with Gasteiger partial charge in [0.05, 0.1) is 0 Å². The molecule has 78 valence electrons. The van der Waals surface area contributed by atoms with Crippen molar-refractivity contribution in [2.75, 3.05) is 5.32 Å². The first-order valence-electron chi connectivity index (χ1n) is 4.56. The highest BCUT2D eigenvalue weighted by molar-refractivity contribution is 5.99. The molecule has 1 rings (SSSR count). The number of nitrogens with one attached hydrogen (secondary N) is 1. The summed E-state index contributed by atoms with van der Waals surface area (Å²) in [4.78, 5) is 11.3. The Hall–Kier alpha value is -1.32. The van der Waals surface area contributed by atoms with Gasteiger partial charge in [-0.2, -0.15) is 0 Å². The van der Waals surface area contributed by atoms with Crippen molar-refractivity contribution in [3.8, 4) is 0 Å². The molecule has 0 saturated carbocycles. The fourth-order valence-electron chi connectivity index (χ4n) is 1.23. The van der Waals surface area contributed by atoms with Gasteiger partial charge in [0.2, 0.25) is 0 Å². The summed E-state index contributed by atoms with van der Waals surface area (Å²) in [5.41, 5.74) is 0.410. The number of ketones is 1. The van der Waals surface area contributed by atoms with E-state index < -0.39 is 0 Å². The van der Waals surface area contributed by atoms with Crippen molar-refractivity contribution in [1.82, 2.24) is 5.16 Å². The highest BCUT2D eigenvalue weighted by Gasteiger charge is 2.20. The zero-order valence-electron chi connectivity index (χ0n) is 9.26. The quantitative estimate of drug-likeness (QED) is 0.738. The number of nitrogens with zero attached hydrogens (tertiary/aromatic N) is 1. The molecule has 0 saturated heterocycles. The molecular weight excluding hydrogens is 180 g/mol. The van der Waals surface area contributed by atoms with Gasteiger partial charge in [0.15, 0.2) is 11.6 Å². The molecule has 1 aromatic rings. The normalized spacial score (nSPS) is 11.5. The standard InChI is InChI=1S/C10H16N2O2/c1-6(13)8-7(2)14-12-9(8)11-10(3,4)5/h1-5H3,(H,11,12). The van der Waals surface area contributed by atoms with Crippen molar-refractivity contribution in [3.63, 3.8) is 0 Å². The van der Waals surface area contributed by atoms with E-state index in [1.807, 2.05) is 20.8 Å². The van der Waals surface area contributed by atoms with Crippen LogP contribution in [0.25, 0.3) is 0 Å². The number of hydrogen-bond donors (Lipinski definition) is 1. The van der Waals surface area contributed by atoms with E-state index in [0.717, 1.165) is 0 Å². The summed E-state index contributed by atoms with van der Waals surface area (Å²) in [5, 5.41) is 6.94. The lowest BCUT2D eigenvalue weighted by atomic mass is 10.1. The van der Waals surface area contributed by atoms with Crippen LogP contribution in [0.15, 0.2) is 4.52 Å². The van der Waals surface area contributed by atoms with Crippen molar-refractivity contribution < 1.29 is 9.32 Å². The summed E-state index contributed by atoms with van der Waals surface area (Å²) in [6.07, 6.45) is 0. The summed E-state index contributed by atoms with van der Waals surface area (Å²) in [7, 11) is 0. The SMILES string of the molecule is CC(=O)c1c(NC(C)(C)C)noc1C. The van der Waals surface area contributed by atoms with Crippen LogP contribution in [-0.4, -0.2) is 16.5 Å². The van der Waals surface area contributed by atoms with Crippen molar-refractivity contribution in [1.29, 1.82) is 0 Å². The first-order chi connectivity index (χ1) is 6.31. The molecule has 1 aromatic heterocycles. The molecule has 0 fully saturated rings. The van der Waals surface area contributed by atoms with Crippen LogP contribution in [0.1, 0.15) is 43.8 Å². The van der Waals surface area contributed by atoms with Gasteiger partial charge < -0.3 is 9.84 Å². The molecule has 0 atom stereocenters. The minimum Gasteiger partial charge on any atom is -0.362 e. The Labute approximate surface area is 83.7 Å². The largest absolute Gasteiger partial charge is 0.362 e. The molecule has 4 heteroatoms. The molecule has 1 heterocycles. The lowest BCUT2D eigenvalue weighted by molar-refractivity contribution is 0.101. The van der Waals surface area contributed by atoms with Crippen LogP contribution in [0.4, 0.5) is 5.82 Å². The molecule has 0 aliphatic heterocycles. The minimum atomic E-state index is -0.131. The molecule has 0 bridgehead atoms. The first-order valence-corrected chi connectivity index (χ1v) is 4.56. The second-order valence-corrected chi connectivity index (χ2v) is 4.39. The Morgan fingerprint density at radius 2 is 2.00 bits per heavy atom. The van der Waals surface area contributed by atoms with Crippen LogP contribution >= 0.6 is 0 Å². The molecule has 14 heavy (non-hydrogen) atoms. The van der Waals surface area contributed by atoms with E-state index in [1.165, 1.54) is 6.92 Å². The maximum absolute atomic E-state index is 11.3. The smallest absolute Gasteiger partial charge is 0.181 e. The van der Waals surface area contributed by atoms with Crippen LogP contribution in [0.2, 0.25) is 0 Å². The number of rotatable bonds is 2. The number of hydrogen-bond acceptors (Lipinski definition) is 4. The molecule has 0 radical (unpaired) electrons. The molecular formula is C10H16N2O2. The Balaban J connectivity index is 3.04. The van der Waals surface area contributed by atoms with Gasteiger partial charge in [0.1, 0.15) is 11.3 Å².